The molecule has 2 N–H and O–H groups in total. The lowest BCUT2D eigenvalue weighted by molar-refractivity contribution is -0.307. The number of aliphatic carboxylic acids is 1. The number of carboxylic acid groups (broad SMARTS) is 1. The highest BCUT2D eigenvalue weighted by Gasteiger charge is 2.39. The number of ether oxygens (including phenoxy) is 3. The quantitative estimate of drug-likeness (QED) is 0.320. The van der Waals surface area contributed by atoms with Gasteiger partial charge in [-0.05, 0) is 33.6 Å². The first kappa shape index (κ1) is 21.2. The highest BCUT2D eigenvalue weighted by molar-refractivity contribution is 5.72. The van der Waals surface area contributed by atoms with Crippen LogP contribution < -0.4 is 10.0 Å². The van der Waals surface area contributed by atoms with Crippen LogP contribution in [0.4, 0.5) is 0 Å². The Morgan fingerprint density at radius 2 is 2.16 bits per heavy atom. The van der Waals surface area contributed by atoms with E-state index in [-0.39, 0.29) is 25.8 Å². The minimum absolute atomic E-state index is 0.0501. The average Bonchev–Trinajstić information content (AvgIpc) is 2.55. The fraction of sp³-hybridized carbons (Fsp3) is 0.867. The van der Waals surface area contributed by atoms with Crippen molar-refractivity contribution in [3.63, 3.8) is 0 Å². The predicted octanol–water partition coefficient (Wildman–Crippen LogP) is -0.484. The third-order valence-electron chi connectivity index (χ3n) is 3.88. The lowest BCUT2D eigenvalue weighted by Crippen LogP contribution is -2.50. The van der Waals surface area contributed by atoms with Crippen molar-refractivity contribution in [1.82, 2.24) is 4.91 Å². The van der Waals surface area contributed by atoms with Crippen LogP contribution in [-0.4, -0.2) is 54.3 Å². The fourth-order valence-corrected chi connectivity index (χ4v) is 2.32. The monoisotopic (exact) mass is 359 g/mol. The largest absolute Gasteiger partial charge is 0.550 e. The summed E-state index contributed by atoms with van der Waals surface area (Å²) in [6.07, 6.45) is -3.28. The molecule has 0 aliphatic carbocycles. The van der Waals surface area contributed by atoms with E-state index in [1.54, 1.807) is 20.8 Å². The SMILES string of the molecule is CC(CCC(=O)[O-])O[C@@H]1O[C@@H](C)[C@H](OC(=O)C(C)CN=[N+]=N)C[C@H]1O. The second-order valence-electron chi connectivity index (χ2n) is 6.17. The Kier molecular flexibility index (Phi) is 8.64. The van der Waals surface area contributed by atoms with Gasteiger partial charge < -0.3 is 29.2 Å². The van der Waals surface area contributed by atoms with Crippen LogP contribution in [0.15, 0.2) is 5.11 Å². The van der Waals surface area contributed by atoms with Gasteiger partial charge in [0.2, 0.25) is 4.91 Å². The van der Waals surface area contributed by atoms with Crippen molar-refractivity contribution < 1.29 is 34.0 Å². The first-order chi connectivity index (χ1) is 11.7. The second-order valence-corrected chi connectivity index (χ2v) is 6.17. The van der Waals surface area contributed by atoms with Crippen molar-refractivity contribution in [2.45, 2.75) is 70.7 Å². The molecule has 0 aromatic carbocycles. The Morgan fingerprint density at radius 1 is 1.48 bits per heavy atom. The van der Waals surface area contributed by atoms with Crippen LogP contribution in [0.1, 0.15) is 40.0 Å². The molecule has 0 aromatic heterocycles. The smallest absolute Gasteiger partial charge is 0.311 e. The van der Waals surface area contributed by atoms with Gasteiger partial charge in [0, 0.05) is 12.4 Å². The Labute approximate surface area is 145 Å². The number of hydrogen-bond acceptors (Lipinski definition) is 9. The highest BCUT2D eigenvalue weighted by atomic mass is 16.7. The zero-order valence-electron chi connectivity index (χ0n) is 14.6. The van der Waals surface area contributed by atoms with Gasteiger partial charge in [0.15, 0.2) is 6.29 Å². The molecule has 0 aromatic rings. The summed E-state index contributed by atoms with van der Waals surface area (Å²) in [5, 5.41) is 24.0. The topological polar surface area (TPSA) is 155 Å². The summed E-state index contributed by atoms with van der Waals surface area (Å²) in [6, 6.07) is 0. The van der Waals surface area contributed by atoms with Crippen molar-refractivity contribution in [1.29, 1.82) is 5.53 Å². The predicted molar refractivity (Wildman–Crippen MR) is 80.9 cm³/mol. The summed E-state index contributed by atoms with van der Waals surface area (Å²) in [4.78, 5) is 25.3. The molecule has 0 spiro atoms. The molecule has 1 rings (SSSR count). The normalized spacial score (nSPS) is 28.5. The van der Waals surface area contributed by atoms with Gasteiger partial charge in [-0.1, -0.05) is 0 Å². The van der Waals surface area contributed by atoms with Gasteiger partial charge in [0.1, 0.15) is 29.4 Å². The lowest BCUT2D eigenvalue weighted by atomic mass is 10.0. The average molecular weight is 359 g/mol. The van der Waals surface area contributed by atoms with Gasteiger partial charge >= 0.3 is 5.97 Å². The van der Waals surface area contributed by atoms with Crippen molar-refractivity contribution in [2.75, 3.05) is 6.54 Å². The first-order valence-electron chi connectivity index (χ1n) is 8.17. The molecule has 25 heavy (non-hydrogen) atoms. The summed E-state index contributed by atoms with van der Waals surface area (Å²) in [6.45, 7) is 5.03. The molecular weight excluding hydrogens is 334 g/mol. The third-order valence-corrected chi connectivity index (χ3v) is 3.88. The molecule has 2 unspecified atom stereocenters. The van der Waals surface area contributed by atoms with Crippen molar-refractivity contribution >= 4 is 11.9 Å². The molecule has 1 aliphatic heterocycles. The number of aliphatic hydroxyl groups is 1. The zero-order valence-corrected chi connectivity index (χ0v) is 14.6. The summed E-state index contributed by atoms with van der Waals surface area (Å²) >= 11 is 0. The van der Waals surface area contributed by atoms with E-state index in [0.717, 1.165) is 0 Å². The molecule has 1 aliphatic rings. The molecular formula is C15H25N3O7. The Balaban J connectivity index is 2.50. The Bertz CT molecular complexity index is 509. The van der Waals surface area contributed by atoms with Crippen LogP contribution in [-0.2, 0) is 23.8 Å². The maximum Gasteiger partial charge on any atom is 0.311 e. The number of carbonyl (C=O) groups is 2. The number of carboxylic acids is 1. The van der Waals surface area contributed by atoms with Gasteiger partial charge in [0.05, 0.1) is 18.1 Å². The standard InChI is InChI=1S/C15H25N3O7/c1-8(7-17-18-16)14(22)25-12-6-11(19)15(24-10(12)3)23-9(2)4-5-13(20)21/h8-12,15-16,19H,4-7H2,1-3H3/t8?,9?,10-,11+,12+,15+/m0/s1. The lowest BCUT2D eigenvalue weighted by Gasteiger charge is -2.38. The molecule has 0 radical (unpaired) electrons. The highest BCUT2D eigenvalue weighted by Crippen LogP contribution is 2.25. The Morgan fingerprint density at radius 3 is 2.76 bits per heavy atom. The van der Waals surface area contributed by atoms with Gasteiger partial charge in [0.25, 0.3) is 0 Å². The fourth-order valence-electron chi connectivity index (χ4n) is 2.32. The molecule has 1 saturated heterocycles. The number of nitrogens with zero attached hydrogens (tertiary/aromatic N) is 2. The van der Waals surface area contributed by atoms with E-state index in [2.05, 4.69) is 10.0 Å². The minimum atomic E-state index is -1.17. The number of rotatable bonds is 9. The van der Waals surface area contributed by atoms with Crippen LogP contribution in [0.25, 0.3) is 0 Å². The van der Waals surface area contributed by atoms with Gasteiger partial charge in [-0.2, -0.15) is 0 Å². The summed E-state index contributed by atoms with van der Waals surface area (Å²) < 4.78 is 16.4. The number of hydrogen-bond donors (Lipinski definition) is 2. The summed E-state index contributed by atoms with van der Waals surface area (Å²) in [5.41, 5.74) is 6.58. The van der Waals surface area contributed by atoms with Crippen LogP contribution in [0.3, 0.4) is 0 Å². The van der Waals surface area contributed by atoms with Crippen molar-refractivity contribution in [2.24, 2.45) is 11.0 Å². The molecule has 1 fully saturated rings. The molecule has 6 atom stereocenters. The maximum absolute atomic E-state index is 12.0. The van der Waals surface area contributed by atoms with Crippen molar-refractivity contribution in [3.8, 4) is 0 Å². The minimum Gasteiger partial charge on any atom is -0.550 e. The van der Waals surface area contributed by atoms with Gasteiger partial charge in [-0.3, -0.25) is 4.79 Å². The molecule has 0 bridgehead atoms. The molecule has 10 heteroatoms. The van der Waals surface area contributed by atoms with Gasteiger partial charge in [-0.15, -0.1) is 0 Å². The molecule has 0 amide bonds. The van der Waals surface area contributed by atoms with Crippen LogP contribution in [0.2, 0.25) is 0 Å². The molecule has 1 heterocycles. The molecule has 10 nitrogen and oxygen atoms in total. The van der Waals surface area contributed by atoms with Crippen LogP contribution in [0.5, 0.6) is 0 Å². The van der Waals surface area contributed by atoms with Gasteiger partial charge in [-0.25, -0.2) is 0 Å². The summed E-state index contributed by atoms with van der Waals surface area (Å²) in [5.74, 6) is -2.24. The van der Waals surface area contributed by atoms with Crippen LogP contribution >= 0.6 is 0 Å². The summed E-state index contributed by atoms with van der Waals surface area (Å²) in [7, 11) is 0. The zero-order chi connectivity index (χ0) is 19.0. The maximum atomic E-state index is 12.0. The van der Waals surface area contributed by atoms with E-state index >= 15 is 0 Å². The van der Waals surface area contributed by atoms with E-state index in [1.165, 1.54) is 0 Å². The number of esters is 1. The Hall–Kier alpha value is -1.87. The third kappa shape index (κ3) is 7.27. The van der Waals surface area contributed by atoms with E-state index < -0.39 is 48.6 Å². The first-order valence-corrected chi connectivity index (χ1v) is 8.17. The number of carbonyl (C=O) groups excluding carboxylic acids is 2. The number of aliphatic hydroxyl groups excluding tert-OH is 1. The van der Waals surface area contributed by atoms with E-state index in [9.17, 15) is 19.8 Å². The van der Waals surface area contributed by atoms with Crippen molar-refractivity contribution in [3.05, 3.63) is 0 Å². The number of nitrogens with one attached hydrogen (secondary N) is 1. The van der Waals surface area contributed by atoms with E-state index in [0.29, 0.717) is 0 Å². The van der Waals surface area contributed by atoms with E-state index in [4.69, 9.17) is 19.7 Å². The van der Waals surface area contributed by atoms with Crippen LogP contribution in [0, 0.1) is 11.4 Å². The second kappa shape index (κ2) is 10.2. The molecule has 0 saturated carbocycles. The van der Waals surface area contributed by atoms with E-state index in [1.807, 2.05) is 0 Å². The molecule has 142 valence electrons.